The van der Waals surface area contributed by atoms with E-state index in [-0.39, 0.29) is 0 Å². The third kappa shape index (κ3) is 8.15. The van der Waals surface area contributed by atoms with Gasteiger partial charge in [-0.15, -0.1) is 6.42 Å². The van der Waals surface area contributed by atoms with Crippen LogP contribution < -0.4 is 4.74 Å². The maximum Gasteiger partial charge on any atom is 0.300 e. The second-order valence-corrected chi connectivity index (χ2v) is 2.32. The first-order valence-corrected chi connectivity index (χ1v) is 3.97. The number of carboxylic acids is 1. The summed E-state index contributed by atoms with van der Waals surface area (Å²) < 4.78 is 5.12. The number of ether oxygens (including phenoxy) is 1. The van der Waals surface area contributed by atoms with Gasteiger partial charge in [-0.3, -0.25) is 4.79 Å². The average Bonchev–Trinajstić information content (AvgIpc) is 2.15. The van der Waals surface area contributed by atoms with Crippen molar-refractivity contribution in [2.45, 2.75) is 6.92 Å². The minimum atomic E-state index is -0.833. The molecule has 0 spiro atoms. The van der Waals surface area contributed by atoms with E-state index < -0.39 is 5.97 Å². The average molecular weight is 192 g/mol. The van der Waals surface area contributed by atoms with Crippen molar-refractivity contribution in [2.75, 3.05) is 6.61 Å². The Bertz CT molecular complexity index is 294. The smallest absolute Gasteiger partial charge is 0.300 e. The lowest BCUT2D eigenvalue weighted by Crippen LogP contribution is -1.91. The van der Waals surface area contributed by atoms with E-state index in [9.17, 15) is 0 Å². The van der Waals surface area contributed by atoms with Crippen LogP contribution in [0.1, 0.15) is 6.92 Å². The van der Waals surface area contributed by atoms with Crippen molar-refractivity contribution in [1.29, 1.82) is 0 Å². The van der Waals surface area contributed by atoms with E-state index >= 15 is 0 Å². The molecule has 0 radical (unpaired) electrons. The van der Waals surface area contributed by atoms with Crippen molar-refractivity contribution in [1.82, 2.24) is 0 Å². The molecule has 0 saturated carbocycles. The Kier molecular flexibility index (Phi) is 6.62. The Morgan fingerprint density at radius 1 is 1.50 bits per heavy atom. The fourth-order valence-corrected chi connectivity index (χ4v) is 0.642. The van der Waals surface area contributed by atoms with E-state index in [0.717, 1.165) is 12.7 Å². The zero-order valence-electron chi connectivity index (χ0n) is 7.93. The Hall–Kier alpha value is -1.95. The van der Waals surface area contributed by atoms with Crippen LogP contribution in [-0.4, -0.2) is 17.7 Å². The van der Waals surface area contributed by atoms with Gasteiger partial charge in [0.2, 0.25) is 0 Å². The van der Waals surface area contributed by atoms with Crippen LogP contribution >= 0.6 is 0 Å². The summed E-state index contributed by atoms with van der Waals surface area (Å²) in [6.07, 6.45) is 5.00. The van der Waals surface area contributed by atoms with Crippen LogP contribution in [0.4, 0.5) is 0 Å². The first kappa shape index (κ1) is 12.0. The molecule has 1 N–H and O–H groups in total. The molecule has 0 bridgehead atoms. The molecule has 3 nitrogen and oxygen atoms in total. The van der Waals surface area contributed by atoms with Crippen molar-refractivity contribution in [3.05, 3.63) is 30.3 Å². The number of carboxylic acid groups (broad SMARTS) is 1. The van der Waals surface area contributed by atoms with Crippen LogP contribution in [0.3, 0.4) is 0 Å². The molecule has 0 aliphatic rings. The molecule has 0 atom stereocenters. The molecule has 0 fully saturated rings. The Balaban J connectivity index is 0.000000364. The predicted molar refractivity (Wildman–Crippen MR) is 54.1 cm³/mol. The summed E-state index contributed by atoms with van der Waals surface area (Å²) in [5.41, 5.74) is 0. The minimum absolute atomic E-state index is 0.337. The summed E-state index contributed by atoms with van der Waals surface area (Å²) >= 11 is 0. The second kappa shape index (κ2) is 7.69. The van der Waals surface area contributed by atoms with E-state index in [1.807, 2.05) is 30.3 Å². The lowest BCUT2D eigenvalue weighted by molar-refractivity contribution is -0.134. The van der Waals surface area contributed by atoms with Gasteiger partial charge in [0.15, 0.2) is 0 Å². The molecule has 1 rings (SSSR count). The molecule has 0 aliphatic heterocycles. The number of benzene rings is 1. The standard InChI is InChI=1S/C9H8O.C2H4O2/c1-2-8-10-9-6-4-3-5-7-9;1-2(3)4/h1,3-7H,8H2;1H3,(H,3,4). The summed E-state index contributed by atoms with van der Waals surface area (Å²) in [6, 6.07) is 9.50. The highest BCUT2D eigenvalue weighted by Gasteiger charge is 1.85. The van der Waals surface area contributed by atoms with Crippen molar-refractivity contribution in [2.24, 2.45) is 0 Å². The van der Waals surface area contributed by atoms with Crippen molar-refractivity contribution in [3.63, 3.8) is 0 Å². The fourth-order valence-electron chi connectivity index (χ4n) is 0.642. The summed E-state index contributed by atoms with van der Waals surface area (Å²) in [7, 11) is 0. The third-order valence-corrected chi connectivity index (χ3v) is 1.07. The van der Waals surface area contributed by atoms with Gasteiger partial charge in [-0.05, 0) is 12.1 Å². The maximum absolute atomic E-state index is 9.00. The summed E-state index contributed by atoms with van der Waals surface area (Å²) in [4.78, 5) is 9.00. The lowest BCUT2D eigenvalue weighted by atomic mass is 10.3. The molecule has 0 heterocycles. The van der Waals surface area contributed by atoms with Gasteiger partial charge >= 0.3 is 0 Å². The first-order chi connectivity index (χ1) is 6.66. The quantitative estimate of drug-likeness (QED) is 0.726. The van der Waals surface area contributed by atoms with E-state index in [2.05, 4.69) is 5.92 Å². The SMILES string of the molecule is C#CCOc1ccccc1.CC(=O)O. The zero-order valence-corrected chi connectivity index (χ0v) is 7.93. The van der Waals surface area contributed by atoms with Gasteiger partial charge in [0.25, 0.3) is 5.97 Å². The molecular formula is C11H12O3. The molecule has 1 aromatic rings. The van der Waals surface area contributed by atoms with E-state index in [1.54, 1.807) is 0 Å². The number of para-hydroxylation sites is 1. The number of rotatable bonds is 2. The van der Waals surface area contributed by atoms with Crippen molar-refractivity contribution >= 4 is 5.97 Å². The molecule has 3 heteroatoms. The van der Waals surface area contributed by atoms with Gasteiger partial charge in [-0.1, -0.05) is 24.1 Å². The van der Waals surface area contributed by atoms with Crippen LogP contribution in [0, 0.1) is 12.3 Å². The van der Waals surface area contributed by atoms with Crippen LogP contribution in [0.2, 0.25) is 0 Å². The molecule has 1 aromatic carbocycles. The Morgan fingerprint density at radius 2 is 2.00 bits per heavy atom. The molecule has 0 aromatic heterocycles. The Labute approximate surface area is 83.3 Å². The van der Waals surface area contributed by atoms with Crippen LogP contribution in [0.15, 0.2) is 30.3 Å². The minimum Gasteiger partial charge on any atom is -0.481 e. The highest BCUT2D eigenvalue weighted by molar-refractivity contribution is 5.62. The number of hydrogen-bond acceptors (Lipinski definition) is 2. The fraction of sp³-hybridized carbons (Fsp3) is 0.182. The van der Waals surface area contributed by atoms with Crippen LogP contribution in [0.25, 0.3) is 0 Å². The topological polar surface area (TPSA) is 46.5 Å². The van der Waals surface area contributed by atoms with E-state index in [1.165, 1.54) is 0 Å². The van der Waals surface area contributed by atoms with Crippen LogP contribution in [0.5, 0.6) is 5.75 Å². The highest BCUT2D eigenvalue weighted by atomic mass is 16.5. The second-order valence-electron chi connectivity index (χ2n) is 2.32. The largest absolute Gasteiger partial charge is 0.481 e. The van der Waals surface area contributed by atoms with Gasteiger partial charge in [-0.25, -0.2) is 0 Å². The molecular weight excluding hydrogens is 180 g/mol. The van der Waals surface area contributed by atoms with Gasteiger partial charge < -0.3 is 9.84 Å². The monoisotopic (exact) mass is 192 g/mol. The molecule has 0 amide bonds. The highest BCUT2D eigenvalue weighted by Crippen LogP contribution is 2.06. The van der Waals surface area contributed by atoms with E-state index in [4.69, 9.17) is 21.1 Å². The van der Waals surface area contributed by atoms with Gasteiger partial charge in [0, 0.05) is 6.92 Å². The number of terminal acetylenes is 1. The normalized spacial score (nSPS) is 7.71. The van der Waals surface area contributed by atoms with Crippen molar-refractivity contribution < 1.29 is 14.6 Å². The van der Waals surface area contributed by atoms with Gasteiger partial charge in [0.1, 0.15) is 12.4 Å². The zero-order chi connectivity index (χ0) is 10.8. The molecule has 0 aliphatic carbocycles. The first-order valence-electron chi connectivity index (χ1n) is 3.97. The van der Waals surface area contributed by atoms with Gasteiger partial charge in [0.05, 0.1) is 0 Å². The molecule has 0 saturated heterocycles. The number of hydrogen-bond donors (Lipinski definition) is 1. The maximum atomic E-state index is 9.00. The van der Waals surface area contributed by atoms with Crippen molar-refractivity contribution in [3.8, 4) is 18.1 Å². The molecule has 0 unspecified atom stereocenters. The summed E-state index contributed by atoms with van der Waals surface area (Å²) in [5.74, 6) is 2.38. The lowest BCUT2D eigenvalue weighted by Gasteiger charge is -1.98. The number of carbonyl (C=O) groups is 1. The summed E-state index contributed by atoms with van der Waals surface area (Å²) in [6.45, 7) is 1.42. The Morgan fingerprint density at radius 3 is 2.43 bits per heavy atom. The van der Waals surface area contributed by atoms with E-state index in [0.29, 0.717) is 6.61 Å². The van der Waals surface area contributed by atoms with Crippen LogP contribution in [-0.2, 0) is 4.79 Å². The predicted octanol–water partition coefficient (Wildman–Crippen LogP) is 1.79. The van der Waals surface area contributed by atoms with Gasteiger partial charge in [-0.2, -0.15) is 0 Å². The number of aliphatic carboxylic acids is 1. The summed E-state index contributed by atoms with van der Waals surface area (Å²) in [5, 5.41) is 7.42. The molecule has 74 valence electrons. The molecule has 14 heavy (non-hydrogen) atoms. The third-order valence-electron chi connectivity index (χ3n) is 1.07.